The van der Waals surface area contributed by atoms with Gasteiger partial charge in [-0.1, -0.05) is 50.2 Å². The summed E-state index contributed by atoms with van der Waals surface area (Å²) in [6, 6.07) is 14.1. The third kappa shape index (κ3) is 2.50. The Morgan fingerprint density at radius 2 is 1.68 bits per heavy atom. The second-order valence-corrected chi connectivity index (χ2v) is 5.32. The molecule has 0 aliphatic rings. The Morgan fingerprint density at radius 3 is 2.36 bits per heavy atom. The first kappa shape index (κ1) is 14.4. The zero-order valence-corrected chi connectivity index (χ0v) is 12.9. The van der Waals surface area contributed by atoms with Gasteiger partial charge in [0, 0.05) is 17.1 Å². The summed E-state index contributed by atoms with van der Waals surface area (Å²) in [7, 11) is 0. The number of nitrogens with zero attached hydrogens (tertiary/aromatic N) is 1. The molecule has 0 bridgehead atoms. The van der Waals surface area contributed by atoms with Gasteiger partial charge in [0.05, 0.1) is 11.3 Å². The quantitative estimate of drug-likeness (QED) is 0.670. The largest absolute Gasteiger partial charge is 0.494 e. The number of aromatic amines is 1. The fourth-order valence-corrected chi connectivity index (χ4v) is 2.79. The molecule has 1 heterocycles. The van der Waals surface area contributed by atoms with Crippen LogP contribution in [0, 0.1) is 0 Å². The Bertz CT molecular complexity index is 808. The van der Waals surface area contributed by atoms with E-state index < -0.39 is 0 Å². The molecule has 3 rings (SSSR count). The molecule has 0 amide bonds. The van der Waals surface area contributed by atoms with Crippen LogP contribution >= 0.6 is 0 Å². The predicted molar refractivity (Wildman–Crippen MR) is 92.4 cm³/mol. The van der Waals surface area contributed by atoms with Gasteiger partial charge in [0.1, 0.15) is 0 Å². The van der Waals surface area contributed by atoms with Gasteiger partial charge in [-0.2, -0.15) is 0 Å². The summed E-state index contributed by atoms with van der Waals surface area (Å²) < 4.78 is 0. The van der Waals surface area contributed by atoms with Gasteiger partial charge < -0.3 is 10.1 Å². The standard InChI is InChI=1S/C19H20N2O/c1-3-13-8-7-9-14(4-2)18(13)20-12-16-15-10-5-6-11-17(15)21-19(16)22/h5-12,21-22H,3-4H2,1-2H3. The lowest BCUT2D eigenvalue weighted by atomic mass is 10.0. The molecule has 3 nitrogen and oxygen atoms in total. The lowest BCUT2D eigenvalue weighted by molar-refractivity contribution is 0.457. The van der Waals surface area contributed by atoms with Crippen molar-refractivity contribution < 1.29 is 5.11 Å². The lowest BCUT2D eigenvalue weighted by Gasteiger charge is -2.08. The number of aromatic nitrogens is 1. The summed E-state index contributed by atoms with van der Waals surface area (Å²) in [5, 5.41) is 11.1. The zero-order chi connectivity index (χ0) is 15.5. The number of nitrogens with one attached hydrogen (secondary N) is 1. The van der Waals surface area contributed by atoms with Gasteiger partial charge in [-0.05, 0) is 30.0 Å². The fourth-order valence-electron chi connectivity index (χ4n) is 2.79. The maximum absolute atomic E-state index is 10.1. The summed E-state index contributed by atoms with van der Waals surface area (Å²) in [5.41, 5.74) is 5.14. The molecular formula is C19H20N2O. The maximum Gasteiger partial charge on any atom is 0.198 e. The zero-order valence-electron chi connectivity index (χ0n) is 12.9. The van der Waals surface area contributed by atoms with Crippen LogP contribution in [0.5, 0.6) is 5.88 Å². The van der Waals surface area contributed by atoms with Gasteiger partial charge >= 0.3 is 0 Å². The summed E-state index contributed by atoms with van der Waals surface area (Å²) in [6.45, 7) is 4.27. The second-order valence-electron chi connectivity index (χ2n) is 5.32. The monoisotopic (exact) mass is 292 g/mol. The number of hydrogen-bond acceptors (Lipinski definition) is 2. The van der Waals surface area contributed by atoms with Crippen molar-refractivity contribution in [1.29, 1.82) is 0 Å². The minimum atomic E-state index is 0.164. The average molecular weight is 292 g/mol. The van der Waals surface area contributed by atoms with Crippen LogP contribution in [0.3, 0.4) is 0 Å². The van der Waals surface area contributed by atoms with Crippen molar-refractivity contribution in [2.24, 2.45) is 4.99 Å². The van der Waals surface area contributed by atoms with E-state index in [1.165, 1.54) is 11.1 Å². The first-order valence-corrected chi connectivity index (χ1v) is 7.69. The highest BCUT2D eigenvalue weighted by molar-refractivity contribution is 6.02. The molecule has 0 spiro atoms. The van der Waals surface area contributed by atoms with E-state index in [1.807, 2.05) is 24.3 Å². The Labute approximate surface area is 130 Å². The van der Waals surface area contributed by atoms with Crippen molar-refractivity contribution >= 4 is 22.8 Å². The van der Waals surface area contributed by atoms with Crippen LogP contribution in [0.1, 0.15) is 30.5 Å². The molecule has 0 aliphatic heterocycles. The number of fused-ring (bicyclic) bond motifs is 1. The van der Waals surface area contributed by atoms with Crippen molar-refractivity contribution in [3.63, 3.8) is 0 Å². The third-order valence-corrected chi connectivity index (χ3v) is 4.01. The van der Waals surface area contributed by atoms with Gasteiger partial charge in [-0.15, -0.1) is 0 Å². The molecule has 1 aromatic heterocycles. The van der Waals surface area contributed by atoms with Gasteiger partial charge in [-0.25, -0.2) is 0 Å². The minimum Gasteiger partial charge on any atom is -0.494 e. The molecule has 0 atom stereocenters. The summed E-state index contributed by atoms with van der Waals surface area (Å²) in [5.74, 6) is 0.164. The van der Waals surface area contributed by atoms with Crippen LogP contribution in [-0.4, -0.2) is 16.3 Å². The van der Waals surface area contributed by atoms with E-state index in [0.29, 0.717) is 0 Å². The fraction of sp³-hybridized carbons (Fsp3) is 0.211. The Balaban J connectivity index is 2.09. The molecule has 3 aromatic rings. The van der Waals surface area contributed by atoms with Crippen LogP contribution < -0.4 is 0 Å². The first-order chi connectivity index (χ1) is 10.7. The molecular weight excluding hydrogens is 272 g/mol. The normalized spacial score (nSPS) is 11.5. The smallest absolute Gasteiger partial charge is 0.198 e. The van der Waals surface area contributed by atoms with Crippen LogP contribution in [0.15, 0.2) is 47.5 Å². The summed E-state index contributed by atoms with van der Waals surface area (Å²) >= 11 is 0. The van der Waals surface area contributed by atoms with Crippen molar-refractivity contribution in [2.75, 3.05) is 0 Å². The first-order valence-electron chi connectivity index (χ1n) is 7.69. The molecule has 2 N–H and O–H groups in total. The van der Waals surface area contributed by atoms with Gasteiger partial charge in [0.2, 0.25) is 0 Å². The predicted octanol–water partition coefficient (Wildman–Crippen LogP) is 4.75. The number of para-hydroxylation sites is 2. The van der Waals surface area contributed by atoms with Gasteiger partial charge in [0.25, 0.3) is 0 Å². The molecule has 0 saturated carbocycles. The van der Waals surface area contributed by atoms with E-state index in [1.54, 1.807) is 6.21 Å². The van der Waals surface area contributed by atoms with E-state index in [9.17, 15) is 5.11 Å². The maximum atomic E-state index is 10.1. The number of aryl methyl sites for hydroxylation is 2. The number of benzene rings is 2. The molecule has 112 valence electrons. The number of H-pyrrole nitrogens is 1. The van der Waals surface area contributed by atoms with Crippen LogP contribution in [0.2, 0.25) is 0 Å². The minimum absolute atomic E-state index is 0.164. The van der Waals surface area contributed by atoms with Crippen LogP contribution in [0.25, 0.3) is 10.9 Å². The van der Waals surface area contributed by atoms with Crippen molar-refractivity contribution in [1.82, 2.24) is 4.98 Å². The van der Waals surface area contributed by atoms with Gasteiger partial charge in [-0.3, -0.25) is 4.99 Å². The molecule has 0 saturated heterocycles. The highest BCUT2D eigenvalue weighted by Gasteiger charge is 2.09. The van der Waals surface area contributed by atoms with E-state index >= 15 is 0 Å². The van der Waals surface area contributed by atoms with Crippen molar-refractivity contribution in [3.8, 4) is 5.88 Å². The Morgan fingerprint density at radius 1 is 1.00 bits per heavy atom. The molecule has 0 radical (unpaired) electrons. The number of aliphatic imine (C=N–C) groups is 1. The molecule has 22 heavy (non-hydrogen) atoms. The highest BCUT2D eigenvalue weighted by atomic mass is 16.3. The second kappa shape index (κ2) is 6.06. The van der Waals surface area contributed by atoms with Crippen molar-refractivity contribution in [3.05, 3.63) is 59.2 Å². The number of rotatable bonds is 4. The summed E-state index contributed by atoms with van der Waals surface area (Å²) in [4.78, 5) is 7.68. The van der Waals surface area contributed by atoms with Gasteiger partial charge in [0.15, 0.2) is 5.88 Å². The van der Waals surface area contributed by atoms with Crippen LogP contribution in [0.4, 0.5) is 5.69 Å². The number of hydrogen-bond donors (Lipinski definition) is 2. The molecule has 0 unspecified atom stereocenters. The molecule has 2 aromatic carbocycles. The van der Waals surface area contributed by atoms with Crippen LogP contribution in [-0.2, 0) is 12.8 Å². The topological polar surface area (TPSA) is 48.4 Å². The van der Waals surface area contributed by atoms with Crippen molar-refractivity contribution in [2.45, 2.75) is 26.7 Å². The molecule has 0 aliphatic carbocycles. The SMILES string of the molecule is CCc1cccc(CC)c1N=Cc1c(O)[nH]c2ccccc12. The van der Waals surface area contributed by atoms with E-state index in [0.717, 1.165) is 35.0 Å². The van der Waals surface area contributed by atoms with E-state index in [-0.39, 0.29) is 5.88 Å². The third-order valence-electron chi connectivity index (χ3n) is 4.01. The average Bonchev–Trinajstić information content (AvgIpc) is 2.87. The Kier molecular flexibility index (Phi) is 3.96. The molecule has 3 heteroatoms. The Hall–Kier alpha value is -2.55. The summed E-state index contributed by atoms with van der Waals surface area (Å²) in [6.07, 6.45) is 3.66. The number of aromatic hydroxyl groups is 1. The lowest BCUT2D eigenvalue weighted by Crippen LogP contribution is -1.89. The molecule has 0 fully saturated rings. The van der Waals surface area contributed by atoms with E-state index in [4.69, 9.17) is 4.99 Å². The van der Waals surface area contributed by atoms with E-state index in [2.05, 4.69) is 37.0 Å². The highest BCUT2D eigenvalue weighted by Crippen LogP contribution is 2.29.